The Kier molecular flexibility index (Phi) is 3.17. The Balaban J connectivity index is 3.02. The van der Waals surface area contributed by atoms with E-state index in [1.807, 2.05) is 0 Å². The van der Waals surface area contributed by atoms with Crippen molar-refractivity contribution in [3.8, 4) is 0 Å². The van der Waals surface area contributed by atoms with Gasteiger partial charge in [-0.3, -0.25) is 4.55 Å². The van der Waals surface area contributed by atoms with E-state index in [9.17, 15) is 16.8 Å². The zero-order chi connectivity index (χ0) is 11.7. The molecular weight excluding hydrogens is 240 g/mol. The van der Waals surface area contributed by atoms with Crippen molar-refractivity contribution in [2.75, 3.05) is 6.26 Å². The van der Waals surface area contributed by atoms with Gasteiger partial charge in [-0.05, 0) is 17.7 Å². The van der Waals surface area contributed by atoms with Crippen molar-refractivity contribution in [2.24, 2.45) is 0 Å². The van der Waals surface area contributed by atoms with E-state index >= 15 is 0 Å². The molecule has 0 spiro atoms. The lowest BCUT2D eigenvalue weighted by atomic mass is 10.2. The van der Waals surface area contributed by atoms with Gasteiger partial charge in [0.15, 0.2) is 9.84 Å². The highest BCUT2D eigenvalue weighted by Crippen LogP contribution is 2.11. The molecular formula is C8H10O5S2. The second-order valence-electron chi connectivity index (χ2n) is 3.19. The molecule has 5 nitrogen and oxygen atoms in total. The third-order valence-corrected chi connectivity index (χ3v) is 3.38. The summed E-state index contributed by atoms with van der Waals surface area (Å²) in [5.41, 5.74) is 0.477. The summed E-state index contributed by atoms with van der Waals surface area (Å²) in [5, 5.41) is 0. The minimum atomic E-state index is -4.21. The van der Waals surface area contributed by atoms with Gasteiger partial charge in [0.05, 0.1) is 10.6 Å². The van der Waals surface area contributed by atoms with Crippen LogP contribution in [0.3, 0.4) is 0 Å². The fourth-order valence-corrected chi connectivity index (χ4v) is 2.34. The van der Waals surface area contributed by atoms with Gasteiger partial charge in [0.2, 0.25) is 0 Å². The molecule has 1 rings (SSSR count). The SMILES string of the molecule is CS(=O)(=O)Cc1ccc(S(=O)(=O)O)cc1. The van der Waals surface area contributed by atoms with Crippen molar-refractivity contribution in [2.45, 2.75) is 10.6 Å². The zero-order valence-electron chi connectivity index (χ0n) is 7.91. The van der Waals surface area contributed by atoms with Crippen LogP contribution >= 0.6 is 0 Å². The lowest BCUT2D eigenvalue weighted by molar-refractivity contribution is 0.483. The molecule has 0 saturated carbocycles. The predicted octanol–water partition coefficient (Wildman–Crippen LogP) is 0.478. The maximum Gasteiger partial charge on any atom is 0.294 e. The van der Waals surface area contributed by atoms with Gasteiger partial charge >= 0.3 is 0 Å². The maximum absolute atomic E-state index is 10.9. The summed E-state index contributed by atoms with van der Waals surface area (Å²) in [4.78, 5) is -0.250. The van der Waals surface area contributed by atoms with Crippen LogP contribution < -0.4 is 0 Å². The van der Waals surface area contributed by atoms with Crippen LogP contribution in [-0.4, -0.2) is 27.6 Å². The van der Waals surface area contributed by atoms with Gasteiger partial charge in [-0.25, -0.2) is 8.42 Å². The Morgan fingerprint density at radius 3 is 1.87 bits per heavy atom. The van der Waals surface area contributed by atoms with E-state index in [-0.39, 0.29) is 10.6 Å². The Morgan fingerprint density at radius 1 is 1.07 bits per heavy atom. The Bertz CT molecular complexity index is 539. The van der Waals surface area contributed by atoms with Gasteiger partial charge in [-0.2, -0.15) is 8.42 Å². The molecule has 0 amide bonds. The second kappa shape index (κ2) is 3.92. The van der Waals surface area contributed by atoms with Gasteiger partial charge in [0.1, 0.15) is 0 Å². The maximum atomic E-state index is 10.9. The highest BCUT2D eigenvalue weighted by molar-refractivity contribution is 7.89. The summed E-state index contributed by atoms with van der Waals surface area (Å²) < 4.78 is 51.8. The van der Waals surface area contributed by atoms with Crippen LogP contribution in [0.4, 0.5) is 0 Å². The highest BCUT2D eigenvalue weighted by atomic mass is 32.2. The van der Waals surface area contributed by atoms with Crippen molar-refractivity contribution < 1.29 is 21.4 Å². The standard InChI is InChI=1S/C8H10O5S2/c1-14(9,10)6-7-2-4-8(5-3-7)15(11,12)13/h2-5H,6H2,1H3,(H,11,12,13). The first-order chi connectivity index (χ1) is 6.68. The summed E-state index contributed by atoms with van der Waals surface area (Å²) in [6, 6.07) is 5.03. The molecule has 0 aromatic heterocycles. The smallest absolute Gasteiger partial charge is 0.282 e. The minimum absolute atomic E-state index is 0.154. The molecule has 84 valence electrons. The summed E-state index contributed by atoms with van der Waals surface area (Å²) in [7, 11) is -7.35. The first kappa shape index (κ1) is 12.2. The van der Waals surface area contributed by atoms with E-state index < -0.39 is 20.0 Å². The van der Waals surface area contributed by atoms with E-state index in [2.05, 4.69) is 0 Å². The summed E-state index contributed by atoms with van der Waals surface area (Å²) in [6.45, 7) is 0. The van der Waals surface area contributed by atoms with Crippen molar-refractivity contribution in [1.29, 1.82) is 0 Å². The zero-order valence-corrected chi connectivity index (χ0v) is 9.55. The van der Waals surface area contributed by atoms with Crippen LogP contribution in [-0.2, 0) is 25.7 Å². The average Bonchev–Trinajstić information content (AvgIpc) is 2.00. The first-order valence-corrected chi connectivity index (χ1v) is 7.43. The van der Waals surface area contributed by atoms with Crippen LogP contribution in [0, 0.1) is 0 Å². The van der Waals surface area contributed by atoms with E-state index in [1.54, 1.807) is 0 Å². The third-order valence-electron chi connectivity index (χ3n) is 1.65. The van der Waals surface area contributed by atoms with Crippen LogP contribution in [0.5, 0.6) is 0 Å². The van der Waals surface area contributed by atoms with Crippen molar-refractivity contribution >= 4 is 20.0 Å². The molecule has 0 fully saturated rings. The van der Waals surface area contributed by atoms with Gasteiger partial charge in [-0.15, -0.1) is 0 Å². The second-order valence-corrected chi connectivity index (χ2v) is 6.75. The number of benzene rings is 1. The summed E-state index contributed by atoms with van der Waals surface area (Å²) >= 11 is 0. The molecule has 15 heavy (non-hydrogen) atoms. The quantitative estimate of drug-likeness (QED) is 0.788. The molecule has 7 heteroatoms. The lowest BCUT2D eigenvalue weighted by Gasteiger charge is -2.00. The molecule has 0 aliphatic carbocycles. The number of hydrogen-bond donors (Lipinski definition) is 1. The fraction of sp³-hybridized carbons (Fsp3) is 0.250. The number of rotatable bonds is 3. The fourth-order valence-electron chi connectivity index (χ4n) is 1.06. The summed E-state index contributed by atoms with van der Waals surface area (Å²) in [6.07, 6.45) is 1.09. The molecule has 1 aromatic carbocycles. The third kappa shape index (κ3) is 3.98. The Labute approximate surface area is 88.4 Å². The number of sulfone groups is 1. The van der Waals surface area contributed by atoms with Crippen LogP contribution in [0.1, 0.15) is 5.56 Å². The molecule has 0 aliphatic rings. The van der Waals surface area contributed by atoms with E-state index in [4.69, 9.17) is 4.55 Å². The van der Waals surface area contributed by atoms with Crippen molar-refractivity contribution in [3.63, 3.8) is 0 Å². The minimum Gasteiger partial charge on any atom is -0.282 e. The lowest BCUT2D eigenvalue weighted by Crippen LogP contribution is -2.02. The normalized spacial score (nSPS) is 12.7. The number of hydrogen-bond acceptors (Lipinski definition) is 4. The molecule has 0 bridgehead atoms. The van der Waals surface area contributed by atoms with Crippen LogP contribution in [0.15, 0.2) is 29.2 Å². The Morgan fingerprint density at radius 2 is 1.53 bits per heavy atom. The van der Waals surface area contributed by atoms with Gasteiger partial charge in [-0.1, -0.05) is 12.1 Å². The molecule has 0 heterocycles. The first-order valence-electron chi connectivity index (χ1n) is 3.93. The molecule has 1 aromatic rings. The van der Waals surface area contributed by atoms with Crippen LogP contribution in [0.25, 0.3) is 0 Å². The van der Waals surface area contributed by atoms with E-state index in [0.717, 1.165) is 18.4 Å². The van der Waals surface area contributed by atoms with Crippen molar-refractivity contribution in [1.82, 2.24) is 0 Å². The van der Waals surface area contributed by atoms with Gasteiger partial charge in [0.25, 0.3) is 10.1 Å². The average molecular weight is 250 g/mol. The van der Waals surface area contributed by atoms with E-state index in [0.29, 0.717) is 5.56 Å². The molecule has 0 radical (unpaired) electrons. The molecule has 1 N–H and O–H groups in total. The van der Waals surface area contributed by atoms with E-state index in [1.165, 1.54) is 12.1 Å². The van der Waals surface area contributed by atoms with Crippen LogP contribution in [0.2, 0.25) is 0 Å². The summed E-state index contributed by atoms with van der Waals surface area (Å²) in [5.74, 6) is -0.154. The Hall–Kier alpha value is -0.920. The monoisotopic (exact) mass is 250 g/mol. The largest absolute Gasteiger partial charge is 0.294 e. The molecule has 0 unspecified atom stereocenters. The molecule has 0 saturated heterocycles. The molecule has 0 atom stereocenters. The highest BCUT2D eigenvalue weighted by Gasteiger charge is 2.10. The van der Waals surface area contributed by atoms with Gasteiger partial charge in [0, 0.05) is 6.26 Å². The van der Waals surface area contributed by atoms with Gasteiger partial charge < -0.3 is 0 Å². The van der Waals surface area contributed by atoms with Crippen molar-refractivity contribution in [3.05, 3.63) is 29.8 Å². The molecule has 0 aliphatic heterocycles. The topological polar surface area (TPSA) is 88.5 Å². The predicted molar refractivity (Wildman–Crippen MR) is 54.8 cm³/mol.